The summed E-state index contributed by atoms with van der Waals surface area (Å²) in [4.78, 5) is 36.1. The van der Waals surface area contributed by atoms with Crippen molar-refractivity contribution in [2.24, 2.45) is 5.92 Å². The van der Waals surface area contributed by atoms with Crippen molar-refractivity contribution in [3.63, 3.8) is 0 Å². The van der Waals surface area contributed by atoms with Crippen LogP contribution in [0.15, 0.2) is 0 Å². The largest absolute Gasteiger partial charge is 0.480 e. The molecule has 114 valence electrons. The van der Waals surface area contributed by atoms with Gasteiger partial charge in [-0.1, -0.05) is 13.8 Å². The highest BCUT2D eigenvalue weighted by Crippen LogP contribution is 2.08. The summed E-state index contributed by atoms with van der Waals surface area (Å²) in [6.07, 6.45) is 3.12. The van der Waals surface area contributed by atoms with Gasteiger partial charge in [0, 0.05) is 13.1 Å². The number of carbonyl (C=O) groups excluding carboxylic acids is 2. The van der Waals surface area contributed by atoms with Crippen LogP contribution < -0.4 is 10.6 Å². The van der Waals surface area contributed by atoms with Crippen molar-refractivity contribution in [1.82, 2.24) is 15.5 Å². The predicted molar refractivity (Wildman–Crippen MR) is 73.2 cm³/mol. The number of carbonyl (C=O) groups is 3. The number of likely N-dealkylation sites (tertiary alicyclic amines) is 1. The molecule has 0 aliphatic carbocycles. The second kappa shape index (κ2) is 7.72. The zero-order chi connectivity index (χ0) is 15.1. The Morgan fingerprint density at radius 1 is 1.15 bits per heavy atom. The van der Waals surface area contributed by atoms with Crippen LogP contribution in [0, 0.1) is 5.92 Å². The summed E-state index contributed by atoms with van der Waals surface area (Å²) < 4.78 is 0. The van der Waals surface area contributed by atoms with Crippen LogP contribution in [-0.4, -0.2) is 53.6 Å². The van der Waals surface area contributed by atoms with Gasteiger partial charge in [0.05, 0.1) is 6.54 Å². The second-order valence-corrected chi connectivity index (χ2v) is 5.33. The Labute approximate surface area is 118 Å². The van der Waals surface area contributed by atoms with Gasteiger partial charge in [-0.3, -0.25) is 4.79 Å². The molecule has 1 aliphatic heterocycles. The van der Waals surface area contributed by atoms with Crippen LogP contribution in [0.5, 0.6) is 0 Å². The average Bonchev–Trinajstić information content (AvgIpc) is 2.42. The normalized spacial score (nSPS) is 16.6. The van der Waals surface area contributed by atoms with E-state index >= 15 is 0 Å². The van der Waals surface area contributed by atoms with E-state index < -0.39 is 18.0 Å². The number of hydrogen-bond acceptors (Lipinski definition) is 3. The highest BCUT2D eigenvalue weighted by atomic mass is 16.4. The third-order valence-corrected chi connectivity index (χ3v) is 3.33. The SMILES string of the molecule is CC(C)[C@H](NC(=O)NCC(=O)N1CCCCC1)C(=O)O. The molecule has 0 aromatic carbocycles. The lowest BCUT2D eigenvalue weighted by Gasteiger charge is -2.27. The van der Waals surface area contributed by atoms with E-state index in [1.165, 1.54) is 0 Å². The zero-order valence-electron chi connectivity index (χ0n) is 12.0. The Kier molecular flexibility index (Phi) is 6.27. The summed E-state index contributed by atoms with van der Waals surface area (Å²) in [5.74, 6) is -1.44. The Bertz CT molecular complexity index is 365. The molecule has 0 unspecified atom stereocenters. The monoisotopic (exact) mass is 285 g/mol. The van der Waals surface area contributed by atoms with Gasteiger partial charge >= 0.3 is 12.0 Å². The molecule has 0 aromatic rings. The fourth-order valence-electron chi connectivity index (χ4n) is 2.12. The van der Waals surface area contributed by atoms with E-state index in [1.807, 2.05) is 0 Å². The van der Waals surface area contributed by atoms with E-state index in [-0.39, 0.29) is 18.4 Å². The molecule has 1 atom stereocenters. The molecule has 7 nitrogen and oxygen atoms in total. The van der Waals surface area contributed by atoms with E-state index in [1.54, 1.807) is 18.7 Å². The summed E-state index contributed by atoms with van der Waals surface area (Å²) in [5.41, 5.74) is 0. The first-order chi connectivity index (χ1) is 9.41. The van der Waals surface area contributed by atoms with Gasteiger partial charge in [-0.25, -0.2) is 9.59 Å². The second-order valence-electron chi connectivity index (χ2n) is 5.33. The number of piperidine rings is 1. The summed E-state index contributed by atoms with van der Waals surface area (Å²) >= 11 is 0. The quantitative estimate of drug-likeness (QED) is 0.681. The van der Waals surface area contributed by atoms with E-state index in [4.69, 9.17) is 5.11 Å². The Morgan fingerprint density at radius 2 is 1.75 bits per heavy atom. The van der Waals surface area contributed by atoms with E-state index in [0.29, 0.717) is 0 Å². The van der Waals surface area contributed by atoms with Crippen molar-refractivity contribution in [3.05, 3.63) is 0 Å². The van der Waals surface area contributed by atoms with Gasteiger partial charge in [0.1, 0.15) is 6.04 Å². The van der Waals surface area contributed by atoms with Gasteiger partial charge in [-0.05, 0) is 25.2 Å². The van der Waals surface area contributed by atoms with Crippen molar-refractivity contribution in [2.75, 3.05) is 19.6 Å². The molecule has 1 heterocycles. The number of nitrogens with one attached hydrogen (secondary N) is 2. The lowest BCUT2D eigenvalue weighted by Crippen LogP contribution is -2.51. The predicted octanol–water partition coefficient (Wildman–Crippen LogP) is 0.407. The number of amides is 3. The zero-order valence-corrected chi connectivity index (χ0v) is 12.0. The first kappa shape index (κ1) is 16.3. The smallest absolute Gasteiger partial charge is 0.326 e. The van der Waals surface area contributed by atoms with Crippen molar-refractivity contribution in [3.8, 4) is 0 Å². The molecular weight excluding hydrogens is 262 g/mol. The molecule has 20 heavy (non-hydrogen) atoms. The van der Waals surface area contributed by atoms with Crippen LogP contribution in [0.4, 0.5) is 4.79 Å². The number of urea groups is 1. The Balaban J connectivity index is 2.34. The third kappa shape index (κ3) is 5.07. The molecular formula is C13H23N3O4. The van der Waals surface area contributed by atoms with Crippen molar-refractivity contribution < 1.29 is 19.5 Å². The van der Waals surface area contributed by atoms with Crippen molar-refractivity contribution in [1.29, 1.82) is 0 Å². The van der Waals surface area contributed by atoms with Crippen LogP contribution in [0.25, 0.3) is 0 Å². The molecule has 7 heteroatoms. The lowest BCUT2D eigenvalue weighted by atomic mass is 10.1. The van der Waals surface area contributed by atoms with Gasteiger partial charge in [0.25, 0.3) is 0 Å². The molecule has 1 rings (SSSR count). The molecule has 3 amide bonds. The highest BCUT2D eigenvalue weighted by molar-refractivity contribution is 5.86. The number of carboxylic acids is 1. The number of aliphatic carboxylic acids is 1. The van der Waals surface area contributed by atoms with Crippen LogP contribution in [-0.2, 0) is 9.59 Å². The average molecular weight is 285 g/mol. The number of rotatable bonds is 5. The maximum atomic E-state index is 11.8. The highest BCUT2D eigenvalue weighted by Gasteiger charge is 2.24. The first-order valence-corrected chi connectivity index (χ1v) is 6.96. The Hall–Kier alpha value is -1.79. The summed E-state index contributed by atoms with van der Waals surface area (Å²) in [6.45, 7) is 4.77. The molecule has 0 bridgehead atoms. The maximum Gasteiger partial charge on any atom is 0.326 e. The number of hydrogen-bond donors (Lipinski definition) is 3. The number of nitrogens with zero attached hydrogens (tertiary/aromatic N) is 1. The van der Waals surface area contributed by atoms with Crippen LogP contribution >= 0.6 is 0 Å². The topological polar surface area (TPSA) is 98.7 Å². The van der Waals surface area contributed by atoms with Crippen molar-refractivity contribution >= 4 is 17.9 Å². The summed E-state index contributed by atoms with van der Waals surface area (Å²) in [7, 11) is 0. The van der Waals surface area contributed by atoms with Gasteiger partial charge in [-0.15, -0.1) is 0 Å². The fraction of sp³-hybridized carbons (Fsp3) is 0.769. The summed E-state index contributed by atoms with van der Waals surface area (Å²) in [6, 6.07) is -1.59. The maximum absolute atomic E-state index is 11.8. The number of carboxylic acid groups (broad SMARTS) is 1. The fourth-order valence-corrected chi connectivity index (χ4v) is 2.12. The van der Waals surface area contributed by atoms with Gasteiger partial charge in [-0.2, -0.15) is 0 Å². The molecule has 3 N–H and O–H groups in total. The first-order valence-electron chi connectivity index (χ1n) is 6.96. The molecule has 1 fully saturated rings. The Morgan fingerprint density at radius 3 is 2.25 bits per heavy atom. The van der Waals surface area contributed by atoms with E-state index in [9.17, 15) is 14.4 Å². The van der Waals surface area contributed by atoms with Gasteiger partial charge in [0.2, 0.25) is 5.91 Å². The van der Waals surface area contributed by atoms with Crippen molar-refractivity contribution in [2.45, 2.75) is 39.2 Å². The minimum Gasteiger partial charge on any atom is -0.480 e. The minimum atomic E-state index is -1.09. The summed E-state index contributed by atoms with van der Waals surface area (Å²) in [5, 5.41) is 13.7. The van der Waals surface area contributed by atoms with Crippen LogP contribution in [0.1, 0.15) is 33.1 Å². The molecule has 0 saturated carbocycles. The lowest BCUT2D eigenvalue weighted by molar-refractivity contribution is -0.140. The van der Waals surface area contributed by atoms with E-state index in [0.717, 1.165) is 32.4 Å². The molecule has 1 saturated heterocycles. The third-order valence-electron chi connectivity index (χ3n) is 3.33. The van der Waals surface area contributed by atoms with Gasteiger partial charge in [0.15, 0.2) is 0 Å². The van der Waals surface area contributed by atoms with E-state index in [2.05, 4.69) is 10.6 Å². The molecule has 1 aliphatic rings. The minimum absolute atomic E-state index is 0.101. The van der Waals surface area contributed by atoms with Crippen LogP contribution in [0.3, 0.4) is 0 Å². The standard InChI is InChI=1S/C13H23N3O4/c1-9(2)11(12(18)19)15-13(20)14-8-10(17)16-6-4-3-5-7-16/h9,11H,3-8H2,1-2H3,(H,18,19)(H2,14,15,20)/t11-/m0/s1. The molecule has 0 aromatic heterocycles. The van der Waals surface area contributed by atoms with Crippen LogP contribution in [0.2, 0.25) is 0 Å². The molecule has 0 spiro atoms. The molecule has 0 radical (unpaired) electrons. The van der Waals surface area contributed by atoms with Gasteiger partial charge < -0.3 is 20.6 Å².